The first kappa shape index (κ1) is 24.3. The van der Waals surface area contributed by atoms with Crippen LogP contribution in [0.3, 0.4) is 0 Å². The Balaban J connectivity index is 2.15. The number of nitrogens with one attached hydrogen (secondary N) is 1. The molecule has 0 aromatic heterocycles. The third-order valence-corrected chi connectivity index (χ3v) is 4.87. The first-order chi connectivity index (χ1) is 14.6. The van der Waals surface area contributed by atoms with E-state index in [2.05, 4.69) is 12.2 Å². The molecular weight excluding hydrogens is 392 g/mol. The summed E-state index contributed by atoms with van der Waals surface area (Å²) in [7, 11) is 1.61. The lowest BCUT2D eigenvalue weighted by atomic mass is 10.1. The van der Waals surface area contributed by atoms with Crippen molar-refractivity contribution in [3.8, 4) is 11.5 Å². The van der Waals surface area contributed by atoms with Gasteiger partial charge in [-0.25, -0.2) is 0 Å². The number of aryl methyl sites for hydroxylation is 1. The zero-order chi connectivity index (χ0) is 23.0. The monoisotopic (exact) mass is 426 g/mol. The molecule has 0 bridgehead atoms. The van der Waals surface area contributed by atoms with Crippen LogP contribution in [0.25, 0.3) is 0 Å². The van der Waals surface area contributed by atoms with Crippen molar-refractivity contribution in [2.75, 3.05) is 13.7 Å². The predicted molar refractivity (Wildman–Crippen MR) is 122 cm³/mol. The molecule has 0 radical (unpaired) electrons. The van der Waals surface area contributed by atoms with Gasteiger partial charge in [-0.3, -0.25) is 9.59 Å². The van der Waals surface area contributed by atoms with Crippen molar-refractivity contribution in [2.24, 2.45) is 0 Å². The maximum atomic E-state index is 13.1. The molecule has 1 N–H and O–H groups in total. The molecule has 2 aromatic rings. The first-order valence-corrected chi connectivity index (χ1v) is 10.6. The van der Waals surface area contributed by atoms with E-state index < -0.39 is 11.6 Å². The molecule has 31 heavy (non-hydrogen) atoms. The number of carbonyl (C=O) groups excluding carboxylic acids is 2. The van der Waals surface area contributed by atoms with Gasteiger partial charge in [-0.1, -0.05) is 31.2 Å². The van der Waals surface area contributed by atoms with Crippen molar-refractivity contribution in [2.45, 2.75) is 59.2 Å². The number of carbonyl (C=O) groups is 2. The molecule has 2 amide bonds. The average molecular weight is 427 g/mol. The van der Waals surface area contributed by atoms with Crippen LogP contribution in [0.4, 0.5) is 0 Å². The summed E-state index contributed by atoms with van der Waals surface area (Å²) in [6.45, 7) is 9.70. The maximum absolute atomic E-state index is 13.1. The molecule has 6 nitrogen and oxygen atoms in total. The Morgan fingerprint density at radius 1 is 0.968 bits per heavy atom. The predicted octanol–water partition coefficient (Wildman–Crippen LogP) is 3.97. The summed E-state index contributed by atoms with van der Waals surface area (Å²) in [5.74, 6) is 0.898. The second-order valence-corrected chi connectivity index (χ2v) is 8.57. The highest BCUT2D eigenvalue weighted by Gasteiger charge is 2.28. The Morgan fingerprint density at radius 3 is 2.03 bits per heavy atom. The van der Waals surface area contributed by atoms with Gasteiger partial charge in [0, 0.05) is 12.1 Å². The number of benzene rings is 2. The van der Waals surface area contributed by atoms with Crippen LogP contribution in [0.1, 0.15) is 45.7 Å². The molecule has 168 valence electrons. The molecular formula is C25H34N2O4. The molecule has 0 aliphatic heterocycles. The summed E-state index contributed by atoms with van der Waals surface area (Å²) >= 11 is 0. The van der Waals surface area contributed by atoms with Crippen molar-refractivity contribution >= 4 is 11.8 Å². The van der Waals surface area contributed by atoms with E-state index >= 15 is 0 Å². The van der Waals surface area contributed by atoms with E-state index in [9.17, 15) is 9.59 Å². The van der Waals surface area contributed by atoms with Gasteiger partial charge in [-0.05, 0) is 69.5 Å². The summed E-state index contributed by atoms with van der Waals surface area (Å²) in [5, 5.41) is 2.95. The number of amides is 2. The molecule has 0 unspecified atom stereocenters. The number of methoxy groups -OCH3 is 1. The van der Waals surface area contributed by atoms with Crippen molar-refractivity contribution in [1.82, 2.24) is 10.2 Å². The summed E-state index contributed by atoms with van der Waals surface area (Å²) < 4.78 is 10.9. The largest absolute Gasteiger partial charge is 0.497 e. The fraction of sp³-hybridized carbons (Fsp3) is 0.440. The highest BCUT2D eigenvalue weighted by molar-refractivity contribution is 5.88. The molecule has 0 heterocycles. The van der Waals surface area contributed by atoms with Crippen LogP contribution in [-0.4, -0.2) is 42.0 Å². The zero-order valence-corrected chi connectivity index (χ0v) is 19.4. The summed E-state index contributed by atoms with van der Waals surface area (Å²) in [4.78, 5) is 27.4. The normalized spacial score (nSPS) is 12.1. The van der Waals surface area contributed by atoms with Gasteiger partial charge >= 0.3 is 0 Å². The first-order valence-electron chi connectivity index (χ1n) is 10.6. The lowest BCUT2D eigenvalue weighted by molar-refractivity contribution is -0.142. The molecule has 6 heteroatoms. The van der Waals surface area contributed by atoms with Crippen LogP contribution in [-0.2, 0) is 22.6 Å². The van der Waals surface area contributed by atoms with Crippen molar-refractivity contribution in [3.63, 3.8) is 0 Å². The van der Waals surface area contributed by atoms with Crippen molar-refractivity contribution in [3.05, 3.63) is 59.7 Å². The molecule has 2 aromatic carbocycles. The topological polar surface area (TPSA) is 67.9 Å². The minimum atomic E-state index is -0.653. The van der Waals surface area contributed by atoms with E-state index in [4.69, 9.17) is 9.47 Å². The number of hydrogen-bond acceptors (Lipinski definition) is 4. The third kappa shape index (κ3) is 7.63. The van der Waals surface area contributed by atoms with Gasteiger partial charge in [0.1, 0.15) is 17.5 Å². The van der Waals surface area contributed by atoms with Crippen molar-refractivity contribution in [1.29, 1.82) is 0 Å². The Kier molecular flexibility index (Phi) is 8.48. The molecule has 0 aliphatic rings. The van der Waals surface area contributed by atoms with Gasteiger partial charge in [0.2, 0.25) is 5.91 Å². The molecule has 0 fully saturated rings. The number of ether oxygens (including phenoxy) is 2. The van der Waals surface area contributed by atoms with Gasteiger partial charge in [0.15, 0.2) is 6.61 Å². The molecule has 0 spiro atoms. The van der Waals surface area contributed by atoms with Crippen LogP contribution in [0, 0.1) is 0 Å². The Morgan fingerprint density at radius 2 is 1.52 bits per heavy atom. The molecule has 0 saturated heterocycles. The highest BCUT2D eigenvalue weighted by atomic mass is 16.5. The second kappa shape index (κ2) is 10.8. The summed E-state index contributed by atoms with van der Waals surface area (Å²) in [6, 6.07) is 14.5. The fourth-order valence-electron chi connectivity index (χ4n) is 3.03. The van der Waals surface area contributed by atoms with E-state index in [0.29, 0.717) is 12.3 Å². The van der Waals surface area contributed by atoms with E-state index in [1.165, 1.54) is 5.56 Å². The van der Waals surface area contributed by atoms with Crippen LogP contribution >= 0.6 is 0 Å². The third-order valence-electron chi connectivity index (χ3n) is 4.87. The molecule has 0 saturated carbocycles. The number of rotatable bonds is 9. The maximum Gasteiger partial charge on any atom is 0.261 e. The van der Waals surface area contributed by atoms with E-state index in [1.807, 2.05) is 69.3 Å². The minimum absolute atomic E-state index is 0.144. The Labute approximate surface area is 185 Å². The molecule has 2 rings (SSSR count). The molecule has 0 aliphatic carbocycles. The Bertz CT molecular complexity index is 855. The average Bonchev–Trinajstić information content (AvgIpc) is 2.75. The smallest absolute Gasteiger partial charge is 0.261 e. The van der Waals surface area contributed by atoms with Crippen LogP contribution in [0.2, 0.25) is 0 Å². The van der Waals surface area contributed by atoms with E-state index in [-0.39, 0.29) is 18.4 Å². The lowest BCUT2D eigenvalue weighted by Crippen LogP contribution is -2.53. The van der Waals surface area contributed by atoms with Gasteiger partial charge < -0.3 is 19.7 Å². The number of nitrogens with zero attached hydrogens (tertiary/aromatic N) is 1. The minimum Gasteiger partial charge on any atom is -0.497 e. The SMILES string of the molecule is CCc1ccc(OCC(=O)N(Cc2ccc(OC)cc2)[C@H](C)C(=O)NC(C)(C)C)cc1. The number of hydrogen-bond donors (Lipinski definition) is 1. The fourth-order valence-corrected chi connectivity index (χ4v) is 3.03. The summed E-state index contributed by atoms with van der Waals surface area (Å²) in [6.07, 6.45) is 0.940. The van der Waals surface area contributed by atoms with E-state index in [1.54, 1.807) is 18.9 Å². The van der Waals surface area contributed by atoms with Crippen LogP contribution in [0.5, 0.6) is 11.5 Å². The van der Waals surface area contributed by atoms with E-state index in [0.717, 1.165) is 17.7 Å². The van der Waals surface area contributed by atoms with Gasteiger partial charge in [-0.15, -0.1) is 0 Å². The summed E-state index contributed by atoms with van der Waals surface area (Å²) in [5.41, 5.74) is 1.71. The second-order valence-electron chi connectivity index (χ2n) is 8.57. The molecule has 1 atom stereocenters. The highest BCUT2D eigenvalue weighted by Crippen LogP contribution is 2.17. The van der Waals surface area contributed by atoms with Crippen LogP contribution in [0.15, 0.2) is 48.5 Å². The van der Waals surface area contributed by atoms with Gasteiger partial charge in [0.25, 0.3) is 5.91 Å². The van der Waals surface area contributed by atoms with Crippen LogP contribution < -0.4 is 14.8 Å². The van der Waals surface area contributed by atoms with Crippen molar-refractivity contribution < 1.29 is 19.1 Å². The lowest BCUT2D eigenvalue weighted by Gasteiger charge is -2.31. The van der Waals surface area contributed by atoms with Gasteiger partial charge in [-0.2, -0.15) is 0 Å². The Hall–Kier alpha value is -3.02. The van der Waals surface area contributed by atoms with Gasteiger partial charge in [0.05, 0.1) is 7.11 Å². The quantitative estimate of drug-likeness (QED) is 0.659. The standard InChI is InChI=1S/C25H34N2O4/c1-7-19-8-14-22(15-9-19)31-17-23(28)27(18(2)24(29)26-25(3,4)5)16-20-10-12-21(30-6)13-11-20/h8-15,18H,7,16-17H2,1-6H3,(H,26,29)/t18-/m1/s1. The zero-order valence-electron chi connectivity index (χ0n) is 19.4.